The fourth-order valence-corrected chi connectivity index (χ4v) is 2.89. The first-order chi connectivity index (χ1) is 9.83. The van der Waals surface area contributed by atoms with Crippen molar-refractivity contribution in [2.75, 3.05) is 18.0 Å². The highest BCUT2D eigenvalue weighted by atomic mass is 15.2. The van der Waals surface area contributed by atoms with Crippen molar-refractivity contribution in [3.8, 4) is 0 Å². The minimum Gasteiger partial charge on any atom is -0.371 e. The second kappa shape index (κ2) is 6.09. The Morgan fingerprint density at radius 2 is 2.00 bits per heavy atom. The molecule has 1 aliphatic heterocycles. The number of rotatable bonds is 4. The first-order valence-electron chi connectivity index (χ1n) is 7.37. The summed E-state index contributed by atoms with van der Waals surface area (Å²) in [4.78, 5) is 2.47. The van der Waals surface area contributed by atoms with Crippen LogP contribution < -0.4 is 10.2 Å². The van der Waals surface area contributed by atoms with Crippen molar-refractivity contribution in [2.24, 2.45) is 0 Å². The number of piperidine rings is 1. The van der Waals surface area contributed by atoms with Crippen LogP contribution in [0, 0.1) is 0 Å². The van der Waals surface area contributed by atoms with E-state index in [1.165, 1.54) is 24.1 Å². The summed E-state index contributed by atoms with van der Waals surface area (Å²) in [6.45, 7) is 4.45. The summed E-state index contributed by atoms with van der Waals surface area (Å²) in [7, 11) is 0. The van der Waals surface area contributed by atoms with E-state index in [0.29, 0.717) is 12.1 Å². The highest BCUT2D eigenvalue weighted by Gasteiger charge is 2.21. The van der Waals surface area contributed by atoms with Crippen LogP contribution in [0.4, 0.5) is 5.69 Å². The molecule has 0 spiro atoms. The van der Waals surface area contributed by atoms with Gasteiger partial charge in [0.25, 0.3) is 0 Å². The number of nitrogens with one attached hydrogen (secondary N) is 2. The van der Waals surface area contributed by atoms with Crippen molar-refractivity contribution in [3.05, 3.63) is 48.3 Å². The average Bonchev–Trinajstić information content (AvgIpc) is 3.03. The van der Waals surface area contributed by atoms with Crippen LogP contribution in [-0.2, 0) is 0 Å². The van der Waals surface area contributed by atoms with Crippen LogP contribution >= 0.6 is 0 Å². The lowest BCUT2D eigenvalue weighted by Gasteiger charge is -2.35. The first kappa shape index (κ1) is 13.2. The monoisotopic (exact) mass is 270 g/mol. The largest absolute Gasteiger partial charge is 0.371 e. The van der Waals surface area contributed by atoms with E-state index in [1.54, 1.807) is 0 Å². The van der Waals surface area contributed by atoms with E-state index in [0.717, 1.165) is 13.1 Å². The number of hydrogen-bond donors (Lipinski definition) is 2. The predicted molar refractivity (Wildman–Crippen MR) is 81.8 cm³/mol. The zero-order valence-electron chi connectivity index (χ0n) is 11.9. The van der Waals surface area contributed by atoms with Crippen molar-refractivity contribution in [1.29, 1.82) is 0 Å². The highest BCUT2D eigenvalue weighted by Crippen LogP contribution is 2.21. The lowest BCUT2D eigenvalue weighted by molar-refractivity contribution is 0.381. The summed E-state index contributed by atoms with van der Waals surface area (Å²) < 4.78 is 0. The summed E-state index contributed by atoms with van der Waals surface area (Å²) in [5.41, 5.74) is 2.57. The Bertz CT molecular complexity index is 501. The van der Waals surface area contributed by atoms with E-state index in [1.807, 2.05) is 12.4 Å². The van der Waals surface area contributed by atoms with E-state index in [2.05, 4.69) is 57.7 Å². The number of hydrogen-bond acceptors (Lipinski definition) is 3. The van der Waals surface area contributed by atoms with Crippen LogP contribution in [0.25, 0.3) is 0 Å². The molecule has 4 heteroatoms. The van der Waals surface area contributed by atoms with E-state index < -0.39 is 0 Å². The van der Waals surface area contributed by atoms with Crippen LogP contribution in [0.2, 0.25) is 0 Å². The molecule has 1 atom stereocenters. The molecule has 2 N–H and O–H groups in total. The normalized spacial score (nSPS) is 18.1. The number of aromatic amines is 1. The maximum absolute atomic E-state index is 4.01. The molecule has 2 heterocycles. The Kier molecular flexibility index (Phi) is 4.02. The van der Waals surface area contributed by atoms with Gasteiger partial charge in [0.1, 0.15) is 0 Å². The number of H-pyrrole nitrogens is 1. The van der Waals surface area contributed by atoms with Crippen LogP contribution in [0.15, 0.2) is 42.7 Å². The second-order valence-corrected chi connectivity index (χ2v) is 5.52. The summed E-state index contributed by atoms with van der Waals surface area (Å²) in [5, 5.41) is 10.6. The fraction of sp³-hybridized carbons (Fsp3) is 0.438. The molecule has 1 aliphatic rings. The van der Waals surface area contributed by atoms with Gasteiger partial charge in [0.05, 0.1) is 6.20 Å². The van der Waals surface area contributed by atoms with Gasteiger partial charge in [-0.25, -0.2) is 0 Å². The molecule has 2 aromatic rings. The molecule has 4 nitrogen and oxygen atoms in total. The van der Waals surface area contributed by atoms with Crippen molar-refractivity contribution < 1.29 is 0 Å². The average molecular weight is 270 g/mol. The first-order valence-corrected chi connectivity index (χ1v) is 7.37. The molecule has 0 aliphatic carbocycles. The lowest BCUT2D eigenvalue weighted by Crippen LogP contribution is -2.43. The second-order valence-electron chi connectivity index (χ2n) is 5.52. The lowest BCUT2D eigenvalue weighted by atomic mass is 10.0. The Balaban J connectivity index is 1.51. The van der Waals surface area contributed by atoms with Crippen LogP contribution in [0.5, 0.6) is 0 Å². The van der Waals surface area contributed by atoms with Crippen molar-refractivity contribution >= 4 is 5.69 Å². The molecule has 1 aromatic heterocycles. The number of anilines is 1. The zero-order chi connectivity index (χ0) is 13.8. The fourth-order valence-electron chi connectivity index (χ4n) is 2.89. The van der Waals surface area contributed by atoms with Gasteiger partial charge in [0, 0.05) is 42.6 Å². The SMILES string of the molecule is CC(NC1CCN(c2ccccc2)CC1)c1cn[nH]c1. The van der Waals surface area contributed by atoms with Gasteiger partial charge >= 0.3 is 0 Å². The van der Waals surface area contributed by atoms with Crippen molar-refractivity contribution in [3.63, 3.8) is 0 Å². The third kappa shape index (κ3) is 3.02. The molecular formula is C16H22N4. The molecule has 106 valence electrons. The van der Waals surface area contributed by atoms with E-state index in [9.17, 15) is 0 Å². The molecule has 1 fully saturated rings. The minimum atomic E-state index is 0.363. The number of para-hydroxylation sites is 1. The van der Waals surface area contributed by atoms with Gasteiger partial charge in [-0.2, -0.15) is 5.10 Å². The summed E-state index contributed by atoms with van der Waals surface area (Å²) in [6.07, 6.45) is 6.25. The highest BCUT2D eigenvalue weighted by molar-refractivity contribution is 5.46. The molecule has 20 heavy (non-hydrogen) atoms. The topological polar surface area (TPSA) is 44.0 Å². The van der Waals surface area contributed by atoms with Gasteiger partial charge in [0.15, 0.2) is 0 Å². The van der Waals surface area contributed by atoms with Gasteiger partial charge in [-0.1, -0.05) is 18.2 Å². The molecular weight excluding hydrogens is 248 g/mol. The Morgan fingerprint density at radius 1 is 1.25 bits per heavy atom. The van der Waals surface area contributed by atoms with Crippen LogP contribution in [0.1, 0.15) is 31.4 Å². The molecule has 1 aromatic carbocycles. The third-order valence-corrected chi connectivity index (χ3v) is 4.12. The van der Waals surface area contributed by atoms with E-state index in [-0.39, 0.29) is 0 Å². The Hall–Kier alpha value is -1.81. The molecule has 0 radical (unpaired) electrons. The van der Waals surface area contributed by atoms with Crippen molar-refractivity contribution in [1.82, 2.24) is 15.5 Å². The van der Waals surface area contributed by atoms with Gasteiger partial charge in [-0.15, -0.1) is 0 Å². The van der Waals surface area contributed by atoms with E-state index in [4.69, 9.17) is 0 Å². The maximum Gasteiger partial charge on any atom is 0.0534 e. The van der Waals surface area contributed by atoms with Gasteiger partial charge in [0.2, 0.25) is 0 Å². The molecule has 1 unspecified atom stereocenters. The van der Waals surface area contributed by atoms with Crippen LogP contribution in [0.3, 0.4) is 0 Å². The molecule has 0 saturated carbocycles. The Labute approximate surface area is 120 Å². The number of aromatic nitrogens is 2. The molecule has 0 amide bonds. The third-order valence-electron chi connectivity index (χ3n) is 4.12. The summed E-state index contributed by atoms with van der Waals surface area (Å²) in [6, 6.07) is 11.6. The molecule has 1 saturated heterocycles. The smallest absolute Gasteiger partial charge is 0.0534 e. The molecule has 3 rings (SSSR count). The minimum absolute atomic E-state index is 0.363. The standard InChI is InChI=1S/C16H22N4/c1-13(14-11-17-18-12-14)19-15-7-9-20(10-8-15)16-5-3-2-4-6-16/h2-6,11-13,15,19H,7-10H2,1H3,(H,17,18). The zero-order valence-corrected chi connectivity index (χ0v) is 11.9. The van der Waals surface area contributed by atoms with Gasteiger partial charge in [-0.05, 0) is 31.9 Å². The number of benzene rings is 1. The molecule has 0 bridgehead atoms. The summed E-state index contributed by atoms with van der Waals surface area (Å²) in [5.74, 6) is 0. The number of nitrogens with zero attached hydrogens (tertiary/aromatic N) is 2. The quantitative estimate of drug-likeness (QED) is 0.898. The Morgan fingerprint density at radius 3 is 2.65 bits per heavy atom. The van der Waals surface area contributed by atoms with Crippen molar-refractivity contribution in [2.45, 2.75) is 31.8 Å². The summed E-state index contributed by atoms with van der Waals surface area (Å²) >= 11 is 0. The van der Waals surface area contributed by atoms with E-state index >= 15 is 0 Å². The predicted octanol–water partition coefficient (Wildman–Crippen LogP) is 2.73. The van der Waals surface area contributed by atoms with Crippen LogP contribution in [-0.4, -0.2) is 29.3 Å². The van der Waals surface area contributed by atoms with Gasteiger partial charge in [-0.3, -0.25) is 5.10 Å². The van der Waals surface area contributed by atoms with Gasteiger partial charge < -0.3 is 10.2 Å². The maximum atomic E-state index is 4.01.